The van der Waals surface area contributed by atoms with Crippen LogP contribution in [0, 0.1) is 5.92 Å². The van der Waals surface area contributed by atoms with Gasteiger partial charge >= 0.3 is 0 Å². The number of aromatic nitrogens is 2. The SMILES string of the molecule is CC(=O)NC(C(=O)NCCc1nccn1Cc1ccccc1)C(C)C. The summed E-state index contributed by atoms with van der Waals surface area (Å²) in [7, 11) is 0. The molecule has 0 saturated carbocycles. The van der Waals surface area contributed by atoms with Crippen LogP contribution in [-0.2, 0) is 22.6 Å². The van der Waals surface area contributed by atoms with Crippen LogP contribution in [0.5, 0.6) is 0 Å². The zero-order valence-corrected chi connectivity index (χ0v) is 15.0. The second-order valence-corrected chi connectivity index (χ2v) is 6.42. The largest absolute Gasteiger partial charge is 0.354 e. The lowest BCUT2D eigenvalue weighted by molar-refractivity contribution is -0.129. The molecule has 0 bridgehead atoms. The van der Waals surface area contributed by atoms with E-state index in [1.165, 1.54) is 12.5 Å². The zero-order valence-electron chi connectivity index (χ0n) is 15.0. The lowest BCUT2D eigenvalue weighted by atomic mass is 10.0. The number of hydrogen-bond donors (Lipinski definition) is 2. The van der Waals surface area contributed by atoms with Gasteiger partial charge in [-0.05, 0) is 11.5 Å². The molecule has 25 heavy (non-hydrogen) atoms. The maximum absolute atomic E-state index is 12.3. The van der Waals surface area contributed by atoms with Crippen LogP contribution in [0.3, 0.4) is 0 Å². The second kappa shape index (κ2) is 9.01. The van der Waals surface area contributed by atoms with E-state index >= 15 is 0 Å². The summed E-state index contributed by atoms with van der Waals surface area (Å²) in [4.78, 5) is 27.9. The number of nitrogens with one attached hydrogen (secondary N) is 2. The first-order valence-electron chi connectivity index (χ1n) is 8.56. The molecule has 2 rings (SSSR count). The van der Waals surface area contributed by atoms with Crippen molar-refractivity contribution in [3.05, 3.63) is 54.1 Å². The Bertz CT molecular complexity index is 694. The average Bonchev–Trinajstić information content (AvgIpc) is 3.00. The van der Waals surface area contributed by atoms with Gasteiger partial charge in [0.15, 0.2) is 0 Å². The van der Waals surface area contributed by atoms with Crippen LogP contribution in [0.25, 0.3) is 0 Å². The standard InChI is InChI=1S/C19H26N4O2/c1-14(2)18(22-15(3)24)19(25)21-10-9-17-20-11-12-23(17)13-16-7-5-4-6-8-16/h4-8,11-12,14,18H,9-10,13H2,1-3H3,(H,21,25)(H,22,24). The summed E-state index contributed by atoms with van der Waals surface area (Å²) in [6.45, 7) is 6.47. The fourth-order valence-electron chi connectivity index (χ4n) is 2.65. The number of carbonyl (C=O) groups is 2. The van der Waals surface area contributed by atoms with Crippen molar-refractivity contribution in [3.8, 4) is 0 Å². The van der Waals surface area contributed by atoms with Gasteiger partial charge in [0.2, 0.25) is 11.8 Å². The van der Waals surface area contributed by atoms with E-state index in [-0.39, 0.29) is 17.7 Å². The summed E-state index contributed by atoms with van der Waals surface area (Å²) in [6, 6.07) is 9.66. The van der Waals surface area contributed by atoms with E-state index in [1.807, 2.05) is 38.2 Å². The van der Waals surface area contributed by atoms with Crippen LogP contribution in [0.1, 0.15) is 32.2 Å². The number of carbonyl (C=O) groups excluding carboxylic acids is 2. The maximum atomic E-state index is 12.3. The van der Waals surface area contributed by atoms with Gasteiger partial charge in [0.1, 0.15) is 11.9 Å². The fraction of sp³-hybridized carbons (Fsp3) is 0.421. The van der Waals surface area contributed by atoms with E-state index in [1.54, 1.807) is 6.20 Å². The molecule has 0 aliphatic heterocycles. The van der Waals surface area contributed by atoms with Gasteiger partial charge in [-0.25, -0.2) is 4.98 Å². The van der Waals surface area contributed by atoms with Crippen molar-refractivity contribution in [2.45, 2.75) is 39.8 Å². The molecule has 6 nitrogen and oxygen atoms in total. The van der Waals surface area contributed by atoms with Gasteiger partial charge in [-0.15, -0.1) is 0 Å². The van der Waals surface area contributed by atoms with Crippen LogP contribution < -0.4 is 10.6 Å². The molecule has 2 amide bonds. The summed E-state index contributed by atoms with van der Waals surface area (Å²) in [6.07, 6.45) is 4.35. The number of imidazole rings is 1. The second-order valence-electron chi connectivity index (χ2n) is 6.42. The van der Waals surface area contributed by atoms with Gasteiger partial charge in [0, 0.05) is 38.8 Å². The predicted molar refractivity (Wildman–Crippen MR) is 96.9 cm³/mol. The summed E-state index contributed by atoms with van der Waals surface area (Å²) in [5, 5.41) is 5.59. The minimum absolute atomic E-state index is 0.0315. The smallest absolute Gasteiger partial charge is 0.242 e. The lowest BCUT2D eigenvalue weighted by Gasteiger charge is -2.20. The normalized spacial score (nSPS) is 12.0. The van der Waals surface area contributed by atoms with Crippen molar-refractivity contribution in [3.63, 3.8) is 0 Å². The highest BCUT2D eigenvalue weighted by Crippen LogP contribution is 2.06. The fourth-order valence-corrected chi connectivity index (χ4v) is 2.65. The van der Waals surface area contributed by atoms with Gasteiger partial charge in [0.05, 0.1) is 0 Å². The number of hydrogen-bond acceptors (Lipinski definition) is 3. The average molecular weight is 342 g/mol. The summed E-state index contributed by atoms with van der Waals surface area (Å²) < 4.78 is 2.08. The van der Waals surface area contributed by atoms with Crippen LogP contribution in [-0.4, -0.2) is 34.0 Å². The van der Waals surface area contributed by atoms with Crippen molar-refractivity contribution >= 4 is 11.8 Å². The first-order valence-corrected chi connectivity index (χ1v) is 8.56. The Balaban J connectivity index is 1.88. The molecule has 2 N–H and O–H groups in total. The van der Waals surface area contributed by atoms with Crippen LogP contribution in [0.15, 0.2) is 42.7 Å². The summed E-state index contributed by atoms with van der Waals surface area (Å²) in [5.74, 6) is 0.590. The quantitative estimate of drug-likeness (QED) is 0.767. The monoisotopic (exact) mass is 342 g/mol. The molecule has 134 valence electrons. The molecule has 2 aromatic rings. The molecule has 0 aliphatic carbocycles. The summed E-state index contributed by atoms with van der Waals surface area (Å²) in [5.41, 5.74) is 1.20. The summed E-state index contributed by atoms with van der Waals surface area (Å²) >= 11 is 0. The highest BCUT2D eigenvalue weighted by atomic mass is 16.2. The first-order chi connectivity index (χ1) is 12.0. The Morgan fingerprint density at radius 1 is 1.20 bits per heavy atom. The third kappa shape index (κ3) is 5.74. The van der Waals surface area contributed by atoms with Gasteiger partial charge < -0.3 is 15.2 Å². The molecular formula is C19H26N4O2. The van der Waals surface area contributed by atoms with E-state index in [2.05, 4.69) is 32.3 Å². The van der Waals surface area contributed by atoms with E-state index in [0.717, 1.165) is 12.4 Å². The Kier molecular flexibility index (Phi) is 6.74. The van der Waals surface area contributed by atoms with E-state index in [4.69, 9.17) is 0 Å². The zero-order chi connectivity index (χ0) is 18.2. The molecule has 1 aromatic carbocycles. The van der Waals surface area contributed by atoms with Gasteiger partial charge in [-0.2, -0.15) is 0 Å². The van der Waals surface area contributed by atoms with Gasteiger partial charge in [-0.3, -0.25) is 9.59 Å². The molecule has 0 fully saturated rings. The van der Waals surface area contributed by atoms with Crippen molar-refractivity contribution in [2.24, 2.45) is 5.92 Å². The molecular weight excluding hydrogens is 316 g/mol. The molecule has 0 radical (unpaired) electrons. The van der Waals surface area contributed by atoms with Crippen molar-refractivity contribution in [1.29, 1.82) is 0 Å². The Morgan fingerprint density at radius 2 is 1.92 bits per heavy atom. The third-order valence-electron chi connectivity index (χ3n) is 3.95. The lowest BCUT2D eigenvalue weighted by Crippen LogP contribution is -2.49. The maximum Gasteiger partial charge on any atom is 0.242 e. The predicted octanol–water partition coefficient (Wildman–Crippen LogP) is 1.75. The molecule has 1 unspecified atom stereocenters. The van der Waals surface area contributed by atoms with Crippen molar-refractivity contribution in [1.82, 2.24) is 20.2 Å². The number of nitrogens with zero attached hydrogens (tertiary/aromatic N) is 2. The topological polar surface area (TPSA) is 76.0 Å². The molecule has 6 heteroatoms. The number of rotatable bonds is 8. The van der Waals surface area contributed by atoms with Gasteiger partial charge in [0.25, 0.3) is 0 Å². The number of benzene rings is 1. The highest BCUT2D eigenvalue weighted by molar-refractivity contribution is 5.87. The molecule has 0 spiro atoms. The van der Waals surface area contributed by atoms with E-state index in [0.29, 0.717) is 13.0 Å². The third-order valence-corrected chi connectivity index (χ3v) is 3.95. The molecule has 1 heterocycles. The number of amides is 2. The Morgan fingerprint density at radius 3 is 2.56 bits per heavy atom. The van der Waals surface area contributed by atoms with Crippen molar-refractivity contribution < 1.29 is 9.59 Å². The molecule has 1 atom stereocenters. The molecule has 0 aliphatic rings. The van der Waals surface area contributed by atoms with E-state index in [9.17, 15) is 9.59 Å². The molecule has 0 saturated heterocycles. The van der Waals surface area contributed by atoms with Crippen LogP contribution >= 0.6 is 0 Å². The van der Waals surface area contributed by atoms with Crippen LogP contribution in [0.4, 0.5) is 0 Å². The highest BCUT2D eigenvalue weighted by Gasteiger charge is 2.22. The molecule has 1 aromatic heterocycles. The first kappa shape index (κ1) is 18.7. The van der Waals surface area contributed by atoms with E-state index < -0.39 is 6.04 Å². The Hall–Kier alpha value is -2.63. The van der Waals surface area contributed by atoms with Gasteiger partial charge in [-0.1, -0.05) is 44.2 Å². The minimum Gasteiger partial charge on any atom is -0.354 e. The van der Waals surface area contributed by atoms with Crippen molar-refractivity contribution in [2.75, 3.05) is 6.54 Å². The Labute approximate surface area is 148 Å². The minimum atomic E-state index is -0.512. The van der Waals surface area contributed by atoms with Crippen LogP contribution in [0.2, 0.25) is 0 Å².